The van der Waals surface area contributed by atoms with E-state index in [1.807, 2.05) is 13.8 Å². The lowest BCUT2D eigenvalue weighted by Gasteiger charge is -2.33. The molecule has 31 heavy (non-hydrogen) atoms. The fraction of sp³-hybridized carbons (Fsp3) is 0.200. The van der Waals surface area contributed by atoms with Gasteiger partial charge in [0.2, 0.25) is 0 Å². The molecule has 3 aromatic carbocycles. The molecule has 0 bridgehead atoms. The number of carbonyl (C=O) groups is 2. The van der Waals surface area contributed by atoms with Crippen LogP contribution in [0.5, 0.6) is 11.5 Å². The highest BCUT2D eigenvalue weighted by Crippen LogP contribution is 2.50. The molecule has 6 heteroatoms. The molecule has 0 radical (unpaired) electrons. The first kappa shape index (κ1) is 20.5. The molecule has 0 atom stereocenters. The van der Waals surface area contributed by atoms with Gasteiger partial charge in [-0.25, -0.2) is 9.59 Å². The summed E-state index contributed by atoms with van der Waals surface area (Å²) in [6.45, 7) is 7.14. The molecule has 6 nitrogen and oxygen atoms in total. The average molecular weight is 418 g/mol. The van der Waals surface area contributed by atoms with Gasteiger partial charge in [-0.2, -0.15) is 0 Å². The van der Waals surface area contributed by atoms with E-state index >= 15 is 0 Å². The van der Waals surface area contributed by atoms with Crippen LogP contribution in [-0.2, 0) is 10.3 Å². The number of carboxylic acid groups (broad SMARTS) is 1. The Morgan fingerprint density at radius 1 is 0.774 bits per heavy atom. The Bertz CT molecular complexity index is 1210. The van der Waals surface area contributed by atoms with Gasteiger partial charge in [-0.1, -0.05) is 6.07 Å². The maximum Gasteiger partial charge on any atom is 0.340 e. The minimum absolute atomic E-state index is 0.0104. The van der Waals surface area contributed by atoms with Crippen molar-refractivity contribution in [2.24, 2.45) is 0 Å². The zero-order valence-corrected chi connectivity index (χ0v) is 17.6. The molecule has 158 valence electrons. The molecule has 1 aliphatic heterocycles. The van der Waals surface area contributed by atoms with Crippen LogP contribution in [0.2, 0.25) is 0 Å². The summed E-state index contributed by atoms with van der Waals surface area (Å²) in [5.74, 6) is -1.52. The summed E-state index contributed by atoms with van der Waals surface area (Å²) in [6.07, 6.45) is 0. The maximum atomic E-state index is 13.0. The fourth-order valence-electron chi connectivity index (χ4n) is 4.31. The van der Waals surface area contributed by atoms with E-state index in [9.17, 15) is 24.9 Å². The predicted molar refractivity (Wildman–Crippen MR) is 114 cm³/mol. The van der Waals surface area contributed by atoms with Crippen LogP contribution in [0.4, 0.5) is 0 Å². The number of carboxylic acids is 1. The number of esters is 1. The number of rotatable bonds is 3. The molecule has 1 aliphatic rings. The van der Waals surface area contributed by atoms with Crippen LogP contribution >= 0.6 is 0 Å². The van der Waals surface area contributed by atoms with Gasteiger partial charge in [-0.05, 0) is 86.3 Å². The van der Waals surface area contributed by atoms with E-state index in [4.69, 9.17) is 4.74 Å². The van der Waals surface area contributed by atoms with Crippen LogP contribution in [0.3, 0.4) is 0 Å². The summed E-state index contributed by atoms with van der Waals surface area (Å²) in [7, 11) is 0. The number of hydrogen-bond acceptors (Lipinski definition) is 5. The van der Waals surface area contributed by atoms with E-state index < -0.39 is 17.5 Å². The number of ether oxygens (including phenoxy) is 1. The summed E-state index contributed by atoms with van der Waals surface area (Å²) in [5.41, 5.74) is 3.28. The second kappa shape index (κ2) is 6.87. The lowest BCUT2D eigenvalue weighted by Crippen LogP contribution is -2.31. The van der Waals surface area contributed by atoms with Crippen LogP contribution in [0.1, 0.15) is 59.7 Å². The van der Waals surface area contributed by atoms with Gasteiger partial charge in [0.25, 0.3) is 0 Å². The maximum absolute atomic E-state index is 13.0. The third-order valence-electron chi connectivity index (χ3n) is 5.96. The van der Waals surface area contributed by atoms with Gasteiger partial charge < -0.3 is 20.1 Å². The van der Waals surface area contributed by atoms with Crippen molar-refractivity contribution in [3.05, 3.63) is 92.5 Å². The van der Waals surface area contributed by atoms with E-state index in [1.165, 1.54) is 12.1 Å². The lowest BCUT2D eigenvalue weighted by molar-refractivity contribution is 0.0247. The third-order valence-corrected chi connectivity index (χ3v) is 5.96. The Kier molecular flexibility index (Phi) is 4.54. The van der Waals surface area contributed by atoms with Gasteiger partial charge in [0.05, 0.1) is 11.1 Å². The smallest absolute Gasteiger partial charge is 0.340 e. The highest BCUT2D eigenvalue weighted by atomic mass is 16.6. The topological polar surface area (TPSA) is 104 Å². The van der Waals surface area contributed by atoms with E-state index in [-0.39, 0.29) is 22.6 Å². The Morgan fingerprint density at radius 2 is 1.29 bits per heavy atom. The van der Waals surface area contributed by atoms with Crippen LogP contribution in [0.25, 0.3) is 0 Å². The molecule has 0 amide bonds. The van der Waals surface area contributed by atoms with Crippen LogP contribution < -0.4 is 0 Å². The number of phenolic OH excluding ortho intramolecular Hbond substituents is 2. The number of carbonyl (C=O) groups excluding carboxylic acids is 1. The van der Waals surface area contributed by atoms with Gasteiger partial charge in [-0.3, -0.25) is 0 Å². The molecule has 0 aliphatic carbocycles. The number of aromatic carboxylic acids is 1. The van der Waals surface area contributed by atoms with Gasteiger partial charge in [0.1, 0.15) is 11.5 Å². The molecule has 0 saturated carbocycles. The molecular weight excluding hydrogens is 396 g/mol. The van der Waals surface area contributed by atoms with Crippen molar-refractivity contribution >= 4 is 11.9 Å². The lowest BCUT2D eigenvalue weighted by atomic mass is 9.75. The second-order valence-electron chi connectivity index (χ2n) is 8.04. The summed E-state index contributed by atoms with van der Waals surface area (Å²) in [4.78, 5) is 24.5. The van der Waals surface area contributed by atoms with Crippen LogP contribution in [-0.4, -0.2) is 27.3 Å². The van der Waals surface area contributed by atoms with Crippen LogP contribution in [0, 0.1) is 27.7 Å². The monoisotopic (exact) mass is 418 g/mol. The Morgan fingerprint density at radius 3 is 1.77 bits per heavy atom. The number of benzene rings is 3. The number of cyclic esters (lactones) is 1. The first-order valence-electron chi connectivity index (χ1n) is 9.78. The first-order valence-corrected chi connectivity index (χ1v) is 9.78. The van der Waals surface area contributed by atoms with Crippen molar-refractivity contribution in [3.63, 3.8) is 0 Å². The number of phenols is 2. The molecule has 0 fully saturated rings. The van der Waals surface area contributed by atoms with E-state index in [1.54, 1.807) is 44.2 Å². The number of fused-ring (bicyclic) bond motifs is 1. The molecule has 3 aromatic rings. The normalized spacial score (nSPS) is 14.3. The second-order valence-corrected chi connectivity index (χ2v) is 8.04. The van der Waals surface area contributed by atoms with E-state index in [0.717, 1.165) is 0 Å². The minimum Gasteiger partial charge on any atom is -0.508 e. The number of aromatic hydroxyl groups is 2. The third kappa shape index (κ3) is 2.94. The van der Waals surface area contributed by atoms with Crippen molar-refractivity contribution in [1.82, 2.24) is 0 Å². The number of hydrogen-bond donors (Lipinski definition) is 3. The van der Waals surface area contributed by atoms with Crippen molar-refractivity contribution in [1.29, 1.82) is 0 Å². The highest BCUT2D eigenvalue weighted by molar-refractivity contribution is 5.99. The van der Waals surface area contributed by atoms with E-state index in [2.05, 4.69) is 0 Å². The van der Waals surface area contributed by atoms with Crippen LogP contribution in [0.15, 0.2) is 42.5 Å². The largest absolute Gasteiger partial charge is 0.508 e. The van der Waals surface area contributed by atoms with Gasteiger partial charge >= 0.3 is 11.9 Å². The van der Waals surface area contributed by atoms with Crippen molar-refractivity contribution in [2.75, 3.05) is 0 Å². The molecule has 0 spiro atoms. The summed E-state index contributed by atoms with van der Waals surface area (Å²) in [6, 6.07) is 11.2. The standard InChI is InChI=1S/C25H22O6/c1-12-9-21(26)14(3)7-19(12)25(20-8-15(4)22(27)10-13(20)2)18-6-5-16(23(28)29)11-17(18)24(30)31-25/h5-11,26-27H,1-4H3,(H,28,29). The molecular formula is C25H22O6. The predicted octanol–water partition coefficient (Wildman–Crippen LogP) is 4.49. The Hall–Kier alpha value is -3.80. The fourth-order valence-corrected chi connectivity index (χ4v) is 4.31. The molecule has 1 heterocycles. The van der Waals surface area contributed by atoms with E-state index in [0.29, 0.717) is 38.9 Å². The molecule has 0 saturated heterocycles. The zero-order chi connectivity index (χ0) is 22.7. The molecule has 3 N–H and O–H groups in total. The van der Waals surface area contributed by atoms with Crippen molar-refractivity contribution in [3.8, 4) is 11.5 Å². The zero-order valence-electron chi connectivity index (χ0n) is 17.6. The highest BCUT2D eigenvalue weighted by Gasteiger charge is 2.50. The number of aryl methyl sites for hydroxylation is 4. The molecule has 0 unspecified atom stereocenters. The molecule has 4 rings (SSSR count). The average Bonchev–Trinajstić information content (AvgIpc) is 3.00. The van der Waals surface area contributed by atoms with Gasteiger partial charge in [-0.15, -0.1) is 0 Å². The van der Waals surface area contributed by atoms with Crippen molar-refractivity contribution in [2.45, 2.75) is 33.3 Å². The summed E-state index contributed by atoms with van der Waals surface area (Å²) >= 11 is 0. The summed E-state index contributed by atoms with van der Waals surface area (Å²) < 4.78 is 6.08. The van der Waals surface area contributed by atoms with Crippen molar-refractivity contribution < 1.29 is 29.6 Å². The van der Waals surface area contributed by atoms with Gasteiger partial charge in [0.15, 0.2) is 5.60 Å². The van der Waals surface area contributed by atoms with Gasteiger partial charge in [0, 0.05) is 16.7 Å². The quantitative estimate of drug-likeness (QED) is 0.542. The first-order chi connectivity index (χ1) is 14.6. The molecule has 0 aromatic heterocycles. The minimum atomic E-state index is -1.35. The summed E-state index contributed by atoms with van der Waals surface area (Å²) in [5, 5.41) is 29.8. The SMILES string of the molecule is Cc1cc(C2(c3cc(C)c(O)cc3C)OC(=O)c3cc(C(=O)O)ccc32)c(C)cc1O. The Labute approximate surface area is 179 Å². The Balaban J connectivity index is 2.14.